The van der Waals surface area contributed by atoms with E-state index in [1.165, 1.54) is 11.3 Å². The van der Waals surface area contributed by atoms with Crippen molar-refractivity contribution < 1.29 is 9.53 Å². The molecule has 2 aliphatic heterocycles. The lowest BCUT2D eigenvalue weighted by Gasteiger charge is -2.32. The zero-order valence-electron chi connectivity index (χ0n) is 12.2. The van der Waals surface area contributed by atoms with Crippen molar-refractivity contribution in [3.05, 3.63) is 22.4 Å². The van der Waals surface area contributed by atoms with E-state index in [9.17, 15) is 4.79 Å². The van der Waals surface area contributed by atoms with Crippen LogP contribution in [0.1, 0.15) is 30.6 Å². The number of hydrogen-bond donors (Lipinski definition) is 1. The van der Waals surface area contributed by atoms with Crippen LogP contribution in [0.4, 0.5) is 0 Å². The highest BCUT2D eigenvalue weighted by Crippen LogP contribution is 2.33. The van der Waals surface area contributed by atoms with Gasteiger partial charge in [0.05, 0.1) is 12.1 Å². The van der Waals surface area contributed by atoms with Crippen LogP contribution in [0.15, 0.2) is 17.5 Å². The smallest absolute Gasteiger partial charge is 0.223 e. The Balaban J connectivity index is 1.45. The van der Waals surface area contributed by atoms with Gasteiger partial charge in [-0.05, 0) is 37.1 Å². The first-order valence-electron chi connectivity index (χ1n) is 7.99. The first kappa shape index (κ1) is 13.7. The number of fused-ring (bicyclic) bond motifs is 1. The van der Waals surface area contributed by atoms with Gasteiger partial charge >= 0.3 is 0 Å². The fourth-order valence-electron chi connectivity index (χ4n) is 3.61. The average molecular weight is 306 g/mol. The van der Waals surface area contributed by atoms with E-state index in [0.29, 0.717) is 6.04 Å². The normalized spacial score (nSPS) is 32.9. The summed E-state index contributed by atoms with van der Waals surface area (Å²) in [5.41, 5.74) is 0. The van der Waals surface area contributed by atoms with Crippen molar-refractivity contribution >= 4 is 17.2 Å². The third-order valence-corrected chi connectivity index (χ3v) is 5.71. The van der Waals surface area contributed by atoms with Crippen LogP contribution in [0.2, 0.25) is 0 Å². The third kappa shape index (κ3) is 2.87. The second kappa shape index (κ2) is 5.71. The molecule has 3 heterocycles. The lowest BCUT2D eigenvalue weighted by Crippen LogP contribution is -2.48. The van der Waals surface area contributed by atoms with Crippen LogP contribution < -0.4 is 5.32 Å². The summed E-state index contributed by atoms with van der Waals surface area (Å²) in [7, 11) is 0. The van der Waals surface area contributed by atoms with Gasteiger partial charge < -0.3 is 10.1 Å². The SMILES string of the molecule is O=C(N[C@@H]1CN(Cc2cccs2)[C@@H]2CCCO[C@@H]21)C1CC1. The summed E-state index contributed by atoms with van der Waals surface area (Å²) in [6.45, 7) is 2.74. The largest absolute Gasteiger partial charge is 0.374 e. The third-order valence-electron chi connectivity index (χ3n) is 4.85. The molecule has 1 aliphatic carbocycles. The Morgan fingerprint density at radius 2 is 2.33 bits per heavy atom. The summed E-state index contributed by atoms with van der Waals surface area (Å²) >= 11 is 1.81. The molecule has 1 aromatic heterocycles. The second-order valence-electron chi connectivity index (χ2n) is 6.44. The average Bonchev–Trinajstić information content (AvgIpc) is 3.14. The molecule has 1 N–H and O–H groups in total. The summed E-state index contributed by atoms with van der Waals surface area (Å²) in [5.74, 6) is 0.518. The molecule has 1 amide bonds. The monoisotopic (exact) mass is 306 g/mol. The number of thiophene rings is 1. The number of carbonyl (C=O) groups excluding carboxylic acids is 1. The topological polar surface area (TPSA) is 41.6 Å². The van der Waals surface area contributed by atoms with Gasteiger partial charge in [-0.15, -0.1) is 11.3 Å². The molecule has 0 aromatic carbocycles. The van der Waals surface area contributed by atoms with Gasteiger partial charge in [0.1, 0.15) is 0 Å². The van der Waals surface area contributed by atoms with Gasteiger partial charge in [-0.3, -0.25) is 9.69 Å². The van der Waals surface area contributed by atoms with Crippen molar-refractivity contribution in [2.75, 3.05) is 13.2 Å². The van der Waals surface area contributed by atoms with Gasteiger partial charge in [0.15, 0.2) is 0 Å². The molecule has 4 nitrogen and oxygen atoms in total. The van der Waals surface area contributed by atoms with E-state index in [2.05, 4.69) is 27.7 Å². The number of likely N-dealkylation sites (tertiary alicyclic amines) is 1. The molecule has 4 rings (SSSR count). The van der Waals surface area contributed by atoms with Gasteiger partial charge in [-0.2, -0.15) is 0 Å². The molecule has 21 heavy (non-hydrogen) atoms. The standard InChI is InChI=1S/C16H22N2O2S/c19-16(11-5-6-11)17-13-10-18(9-12-3-2-8-21-12)14-4-1-7-20-15(13)14/h2-3,8,11,13-15H,1,4-7,9-10H2,(H,17,19)/t13-,14-,15-/m1/s1. The van der Waals surface area contributed by atoms with Crippen LogP contribution in [0.25, 0.3) is 0 Å². The highest BCUT2D eigenvalue weighted by atomic mass is 32.1. The summed E-state index contributed by atoms with van der Waals surface area (Å²) < 4.78 is 6.01. The number of rotatable bonds is 4. The quantitative estimate of drug-likeness (QED) is 0.925. The van der Waals surface area contributed by atoms with Gasteiger partial charge in [0.2, 0.25) is 5.91 Å². The minimum Gasteiger partial charge on any atom is -0.374 e. The Morgan fingerprint density at radius 1 is 1.43 bits per heavy atom. The lowest BCUT2D eigenvalue weighted by atomic mass is 10.0. The summed E-state index contributed by atoms with van der Waals surface area (Å²) in [6.07, 6.45) is 4.62. The van der Waals surface area contributed by atoms with Crippen LogP contribution in [-0.2, 0) is 16.1 Å². The van der Waals surface area contributed by atoms with Crippen molar-refractivity contribution in [3.8, 4) is 0 Å². The maximum absolute atomic E-state index is 12.1. The molecule has 0 spiro atoms. The van der Waals surface area contributed by atoms with Crippen LogP contribution >= 0.6 is 11.3 Å². The number of ether oxygens (including phenoxy) is 1. The zero-order valence-corrected chi connectivity index (χ0v) is 13.0. The zero-order chi connectivity index (χ0) is 14.2. The molecule has 3 fully saturated rings. The number of nitrogens with one attached hydrogen (secondary N) is 1. The van der Waals surface area contributed by atoms with Crippen molar-refractivity contribution in [2.24, 2.45) is 5.92 Å². The molecule has 3 atom stereocenters. The van der Waals surface area contributed by atoms with E-state index >= 15 is 0 Å². The van der Waals surface area contributed by atoms with Crippen molar-refractivity contribution in [3.63, 3.8) is 0 Å². The van der Waals surface area contributed by atoms with Crippen molar-refractivity contribution in [2.45, 2.75) is 50.4 Å². The molecule has 114 valence electrons. The van der Waals surface area contributed by atoms with Crippen LogP contribution in [0, 0.1) is 5.92 Å². The highest BCUT2D eigenvalue weighted by molar-refractivity contribution is 7.09. The second-order valence-corrected chi connectivity index (χ2v) is 7.48. The Kier molecular flexibility index (Phi) is 3.73. The number of nitrogens with zero attached hydrogens (tertiary/aromatic N) is 1. The molecule has 0 radical (unpaired) electrons. The van der Waals surface area contributed by atoms with E-state index < -0.39 is 0 Å². The first-order chi connectivity index (χ1) is 10.3. The predicted molar refractivity (Wildman–Crippen MR) is 82.1 cm³/mol. The molecule has 1 aromatic rings. The lowest BCUT2D eigenvalue weighted by molar-refractivity contribution is -0.124. The molecular weight excluding hydrogens is 284 g/mol. The minimum atomic E-state index is 0.170. The van der Waals surface area contributed by atoms with Gasteiger partial charge in [-0.25, -0.2) is 0 Å². The number of amides is 1. The molecule has 0 bridgehead atoms. The summed E-state index contributed by atoms with van der Waals surface area (Å²) in [6, 6.07) is 4.94. The van der Waals surface area contributed by atoms with Crippen LogP contribution in [-0.4, -0.2) is 42.1 Å². The van der Waals surface area contributed by atoms with E-state index in [-0.39, 0.29) is 24.0 Å². The number of hydrogen-bond acceptors (Lipinski definition) is 4. The van der Waals surface area contributed by atoms with Crippen LogP contribution in [0.5, 0.6) is 0 Å². The van der Waals surface area contributed by atoms with Gasteiger partial charge in [0.25, 0.3) is 0 Å². The molecule has 3 aliphatic rings. The fourth-order valence-corrected chi connectivity index (χ4v) is 4.34. The molecule has 0 unspecified atom stereocenters. The Hall–Kier alpha value is -0.910. The summed E-state index contributed by atoms with van der Waals surface area (Å²) in [4.78, 5) is 16.0. The van der Waals surface area contributed by atoms with E-state index in [1.807, 2.05) is 11.3 Å². The van der Waals surface area contributed by atoms with E-state index in [4.69, 9.17) is 4.74 Å². The molecule has 1 saturated carbocycles. The van der Waals surface area contributed by atoms with Gasteiger partial charge in [0, 0.05) is 36.5 Å². The van der Waals surface area contributed by atoms with Gasteiger partial charge in [-0.1, -0.05) is 6.07 Å². The maximum atomic E-state index is 12.1. The molecule has 5 heteroatoms. The predicted octanol–water partition coefficient (Wildman–Crippen LogP) is 2.01. The van der Waals surface area contributed by atoms with Crippen molar-refractivity contribution in [1.29, 1.82) is 0 Å². The Labute approximate surface area is 129 Å². The minimum absolute atomic E-state index is 0.170. The Morgan fingerprint density at radius 3 is 3.10 bits per heavy atom. The Bertz CT molecular complexity index is 500. The maximum Gasteiger partial charge on any atom is 0.223 e. The fraction of sp³-hybridized carbons (Fsp3) is 0.688. The van der Waals surface area contributed by atoms with E-state index in [0.717, 1.165) is 39.0 Å². The molecule has 2 saturated heterocycles. The van der Waals surface area contributed by atoms with Crippen LogP contribution in [0.3, 0.4) is 0 Å². The number of carbonyl (C=O) groups is 1. The molecular formula is C16H22N2O2S. The van der Waals surface area contributed by atoms with Crippen molar-refractivity contribution in [1.82, 2.24) is 10.2 Å². The van der Waals surface area contributed by atoms with E-state index in [1.54, 1.807) is 0 Å². The summed E-state index contributed by atoms with van der Waals surface area (Å²) in [5, 5.41) is 5.38. The first-order valence-corrected chi connectivity index (χ1v) is 8.87. The highest BCUT2D eigenvalue weighted by Gasteiger charge is 2.45.